The maximum absolute atomic E-state index is 11.9. The Hall–Kier alpha value is -1.59. The van der Waals surface area contributed by atoms with Crippen molar-refractivity contribution in [1.29, 1.82) is 0 Å². The van der Waals surface area contributed by atoms with E-state index < -0.39 is 0 Å². The molecule has 2 amide bonds. The molecular weight excluding hydrogens is 278 g/mol. The lowest BCUT2D eigenvalue weighted by Gasteiger charge is -2.25. The van der Waals surface area contributed by atoms with Crippen LogP contribution >= 0.6 is 11.6 Å². The lowest BCUT2D eigenvalue weighted by atomic mass is 10.1. The predicted octanol–water partition coefficient (Wildman–Crippen LogP) is 0.804. The van der Waals surface area contributed by atoms with Crippen molar-refractivity contribution < 1.29 is 9.59 Å². The van der Waals surface area contributed by atoms with Crippen molar-refractivity contribution in [1.82, 2.24) is 10.2 Å². The van der Waals surface area contributed by atoms with Crippen molar-refractivity contribution in [3.8, 4) is 0 Å². The molecule has 0 saturated carbocycles. The zero-order valence-corrected chi connectivity index (χ0v) is 12.5. The summed E-state index contributed by atoms with van der Waals surface area (Å²) in [4.78, 5) is 24.5. The highest BCUT2D eigenvalue weighted by Crippen LogP contribution is 2.12. The largest absolute Gasteiger partial charge is 0.346 e. The first kappa shape index (κ1) is 16.5. The minimum Gasteiger partial charge on any atom is -0.346 e. The molecule has 20 heavy (non-hydrogen) atoms. The molecule has 1 atom stereocenters. The van der Waals surface area contributed by atoms with Gasteiger partial charge in [-0.3, -0.25) is 9.59 Å². The third-order valence-electron chi connectivity index (χ3n) is 3.12. The first-order valence-corrected chi connectivity index (χ1v) is 6.78. The van der Waals surface area contributed by atoms with Crippen molar-refractivity contribution in [2.45, 2.75) is 19.4 Å². The Morgan fingerprint density at radius 1 is 1.35 bits per heavy atom. The number of carbonyl (C=O) groups is 2. The van der Waals surface area contributed by atoms with Gasteiger partial charge >= 0.3 is 0 Å². The van der Waals surface area contributed by atoms with Gasteiger partial charge in [0.05, 0.1) is 13.1 Å². The molecule has 5 nitrogen and oxygen atoms in total. The van der Waals surface area contributed by atoms with Gasteiger partial charge in [0.15, 0.2) is 0 Å². The van der Waals surface area contributed by atoms with Gasteiger partial charge in [-0.25, -0.2) is 0 Å². The summed E-state index contributed by atoms with van der Waals surface area (Å²) in [6.45, 7) is 1.81. The van der Waals surface area contributed by atoms with Crippen molar-refractivity contribution >= 4 is 23.4 Å². The van der Waals surface area contributed by atoms with Crippen LogP contribution in [0.15, 0.2) is 24.3 Å². The molecule has 1 unspecified atom stereocenters. The number of hydrogen-bond donors (Lipinski definition) is 2. The maximum atomic E-state index is 11.9. The van der Waals surface area contributed by atoms with E-state index in [9.17, 15) is 9.59 Å². The van der Waals surface area contributed by atoms with E-state index in [0.29, 0.717) is 5.02 Å². The van der Waals surface area contributed by atoms with Gasteiger partial charge in [-0.15, -0.1) is 0 Å². The number of likely N-dealkylation sites (N-methyl/N-ethyl adjacent to an activating group) is 1. The Morgan fingerprint density at radius 3 is 2.50 bits per heavy atom. The molecule has 0 fully saturated rings. The Bertz CT molecular complexity index is 462. The van der Waals surface area contributed by atoms with Crippen LogP contribution in [0, 0.1) is 0 Å². The molecule has 1 aromatic rings. The van der Waals surface area contributed by atoms with Crippen molar-refractivity contribution in [3.05, 3.63) is 34.9 Å². The molecule has 0 heterocycles. The van der Waals surface area contributed by atoms with Crippen LogP contribution < -0.4 is 11.1 Å². The fourth-order valence-corrected chi connectivity index (χ4v) is 1.84. The summed E-state index contributed by atoms with van der Waals surface area (Å²) < 4.78 is 0. The number of carbonyl (C=O) groups excluding carboxylic acids is 2. The number of nitrogens with zero attached hydrogens (tertiary/aromatic N) is 1. The van der Waals surface area contributed by atoms with Crippen LogP contribution in [-0.2, 0) is 16.0 Å². The molecule has 0 aliphatic carbocycles. The molecule has 1 aromatic carbocycles. The molecule has 0 bridgehead atoms. The van der Waals surface area contributed by atoms with E-state index in [2.05, 4.69) is 5.32 Å². The van der Waals surface area contributed by atoms with Crippen LogP contribution in [0.4, 0.5) is 0 Å². The third kappa shape index (κ3) is 5.19. The molecule has 6 heteroatoms. The molecule has 0 radical (unpaired) electrons. The highest BCUT2D eigenvalue weighted by molar-refractivity contribution is 6.30. The van der Waals surface area contributed by atoms with Crippen molar-refractivity contribution in [3.63, 3.8) is 0 Å². The maximum Gasteiger partial charge on any atom is 0.241 e. The zero-order chi connectivity index (χ0) is 15.1. The Labute approximate surface area is 124 Å². The summed E-state index contributed by atoms with van der Waals surface area (Å²) in [5, 5.41) is 3.16. The van der Waals surface area contributed by atoms with Crippen molar-refractivity contribution in [2.75, 3.05) is 20.1 Å². The number of nitrogens with one attached hydrogen (secondary N) is 1. The Morgan fingerprint density at radius 2 is 1.95 bits per heavy atom. The number of hydrogen-bond acceptors (Lipinski definition) is 3. The average molecular weight is 298 g/mol. The summed E-state index contributed by atoms with van der Waals surface area (Å²) in [7, 11) is 1.72. The highest BCUT2D eigenvalue weighted by Gasteiger charge is 2.16. The van der Waals surface area contributed by atoms with E-state index in [1.54, 1.807) is 11.9 Å². The van der Waals surface area contributed by atoms with Gasteiger partial charge in [-0.05, 0) is 31.0 Å². The number of rotatable bonds is 6. The monoisotopic (exact) mass is 297 g/mol. The lowest BCUT2D eigenvalue weighted by molar-refractivity contribution is -0.133. The minimum atomic E-state index is -0.336. The summed E-state index contributed by atoms with van der Waals surface area (Å²) >= 11 is 5.83. The van der Waals surface area contributed by atoms with Gasteiger partial charge in [0.2, 0.25) is 11.8 Å². The molecule has 0 aliphatic rings. The standard InChI is InChI=1S/C14H20ClN3O2/c1-10(7-11-3-5-12(15)6-4-11)18(2)14(20)9-17-13(19)8-16/h3-6,10H,7-9,16H2,1-2H3,(H,17,19). The molecular formula is C14H20ClN3O2. The fraction of sp³-hybridized carbons (Fsp3) is 0.429. The van der Waals surface area contributed by atoms with Crippen LogP contribution in [0.25, 0.3) is 0 Å². The zero-order valence-electron chi connectivity index (χ0n) is 11.7. The second kappa shape index (κ2) is 7.87. The van der Waals surface area contributed by atoms with E-state index in [-0.39, 0.29) is 30.9 Å². The lowest BCUT2D eigenvalue weighted by Crippen LogP contribution is -2.44. The summed E-state index contributed by atoms with van der Waals surface area (Å²) in [5.41, 5.74) is 6.27. The van der Waals surface area contributed by atoms with E-state index >= 15 is 0 Å². The quantitative estimate of drug-likeness (QED) is 0.816. The smallest absolute Gasteiger partial charge is 0.241 e. The van der Waals surface area contributed by atoms with Gasteiger partial charge in [-0.1, -0.05) is 23.7 Å². The predicted molar refractivity (Wildman–Crippen MR) is 79.5 cm³/mol. The Kier molecular flexibility index (Phi) is 6.48. The summed E-state index contributed by atoms with van der Waals surface area (Å²) in [6.07, 6.45) is 0.726. The van der Waals surface area contributed by atoms with Gasteiger partial charge < -0.3 is 16.0 Å². The topological polar surface area (TPSA) is 75.4 Å². The van der Waals surface area contributed by atoms with E-state index in [0.717, 1.165) is 12.0 Å². The van der Waals surface area contributed by atoms with Crippen LogP contribution in [0.2, 0.25) is 5.02 Å². The van der Waals surface area contributed by atoms with E-state index in [1.807, 2.05) is 31.2 Å². The second-order valence-corrected chi connectivity index (χ2v) is 5.10. The molecule has 0 aromatic heterocycles. The summed E-state index contributed by atoms with van der Waals surface area (Å²) in [5.74, 6) is -0.481. The third-order valence-corrected chi connectivity index (χ3v) is 3.37. The van der Waals surface area contributed by atoms with Gasteiger partial charge in [-0.2, -0.15) is 0 Å². The van der Waals surface area contributed by atoms with Crippen molar-refractivity contribution in [2.24, 2.45) is 5.73 Å². The first-order valence-electron chi connectivity index (χ1n) is 6.41. The highest BCUT2D eigenvalue weighted by atomic mass is 35.5. The number of amides is 2. The number of nitrogens with two attached hydrogens (primary N) is 1. The number of halogens is 1. The fourth-order valence-electron chi connectivity index (χ4n) is 1.72. The van der Waals surface area contributed by atoms with Gasteiger partial charge in [0.1, 0.15) is 0 Å². The first-order chi connectivity index (χ1) is 9.43. The average Bonchev–Trinajstić information content (AvgIpc) is 2.45. The molecule has 3 N–H and O–H groups in total. The second-order valence-electron chi connectivity index (χ2n) is 4.67. The van der Waals surface area contributed by atoms with Crippen LogP contribution in [-0.4, -0.2) is 42.9 Å². The van der Waals surface area contributed by atoms with Crippen LogP contribution in [0.1, 0.15) is 12.5 Å². The molecule has 0 aliphatic heterocycles. The molecule has 0 spiro atoms. The number of benzene rings is 1. The molecule has 110 valence electrons. The SMILES string of the molecule is CC(Cc1ccc(Cl)cc1)N(C)C(=O)CNC(=O)CN. The van der Waals surface area contributed by atoms with Crippen LogP contribution in [0.3, 0.4) is 0 Å². The summed E-state index contributed by atoms with van der Waals surface area (Å²) in [6, 6.07) is 7.55. The molecule has 0 saturated heterocycles. The van der Waals surface area contributed by atoms with Gasteiger partial charge in [0.25, 0.3) is 0 Å². The Balaban J connectivity index is 2.49. The van der Waals surface area contributed by atoms with E-state index in [4.69, 9.17) is 17.3 Å². The van der Waals surface area contributed by atoms with E-state index in [1.165, 1.54) is 0 Å². The van der Waals surface area contributed by atoms with Gasteiger partial charge in [0, 0.05) is 18.1 Å². The molecule has 1 rings (SSSR count). The normalized spacial score (nSPS) is 11.8. The van der Waals surface area contributed by atoms with Crippen LogP contribution in [0.5, 0.6) is 0 Å². The minimum absolute atomic E-state index is 0.0263.